The van der Waals surface area contributed by atoms with Crippen LogP contribution in [-0.2, 0) is 4.79 Å². The van der Waals surface area contributed by atoms with Gasteiger partial charge in [-0.1, -0.05) is 23.4 Å². The van der Waals surface area contributed by atoms with E-state index < -0.39 is 17.5 Å². The van der Waals surface area contributed by atoms with Crippen LogP contribution in [-0.4, -0.2) is 35.4 Å². The lowest BCUT2D eigenvalue weighted by atomic mass is 10.1. The summed E-state index contributed by atoms with van der Waals surface area (Å²) in [6.07, 6.45) is 1.84. The molecule has 3 aromatic carbocycles. The van der Waals surface area contributed by atoms with Gasteiger partial charge in [0.1, 0.15) is 11.6 Å². The number of aromatic nitrogens is 2. The molecule has 0 fully saturated rings. The predicted molar refractivity (Wildman–Crippen MR) is 133 cm³/mol. The third-order valence-corrected chi connectivity index (χ3v) is 6.20. The molecule has 4 rings (SSSR count). The van der Waals surface area contributed by atoms with E-state index in [-0.39, 0.29) is 11.4 Å². The minimum atomic E-state index is -0.846. The van der Waals surface area contributed by atoms with Gasteiger partial charge in [-0.25, -0.2) is 13.8 Å². The first-order valence-electron chi connectivity index (χ1n) is 10.3. The summed E-state index contributed by atoms with van der Waals surface area (Å²) >= 11 is 7.21. The molecule has 0 radical (unpaired) electrons. The quantitative estimate of drug-likeness (QED) is 0.282. The van der Waals surface area contributed by atoms with Gasteiger partial charge in [-0.2, -0.15) is 0 Å². The standard InChI is InChI=1S/C25H20ClF2N3O3S/c1-33-22-10-3-15(11-23(22)34-2)21-13-31(18-7-4-16(26)5-8-18)25(30-21)35-14-24(32)29-20-9-6-17(27)12-19(20)28/h3-13H,14H2,1-2H3,(H,29,32). The summed E-state index contributed by atoms with van der Waals surface area (Å²) in [5.41, 5.74) is 2.13. The molecular formula is C25H20ClF2N3O3S. The maximum Gasteiger partial charge on any atom is 0.234 e. The van der Waals surface area contributed by atoms with E-state index in [0.717, 1.165) is 17.3 Å². The van der Waals surface area contributed by atoms with Gasteiger partial charge in [0.05, 0.1) is 31.4 Å². The maximum atomic E-state index is 13.9. The van der Waals surface area contributed by atoms with E-state index in [1.807, 2.05) is 35.0 Å². The van der Waals surface area contributed by atoms with E-state index >= 15 is 0 Å². The highest BCUT2D eigenvalue weighted by atomic mass is 35.5. The summed E-state index contributed by atoms with van der Waals surface area (Å²) < 4.78 is 39.6. The van der Waals surface area contributed by atoms with Crippen LogP contribution in [0, 0.1) is 11.6 Å². The fourth-order valence-corrected chi connectivity index (χ4v) is 4.21. The first kappa shape index (κ1) is 24.6. The molecule has 10 heteroatoms. The van der Waals surface area contributed by atoms with Crippen molar-refractivity contribution in [2.75, 3.05) is 25.3 Å². The zero-order valence-electron chi connectivity index (χ0n) is 18.7. The van der Waals surface area contributed by atoms with Gasteiger partial charge in [0.2, 0.25) is 5.91 Å². The average Bonchev–Trinajstić information content (AvgIpc) is 3.28. The van der Waals surface area contributed by atoms with Crippen LogP contribution in [0.1, 0.15) is 0 Å². The van der Waals surface area contributed by atoms with Crippen LogP contribution in [0.3, 0.4) is 0 Å². The molecule has 4 aromatic rings. The van der Waals surface area contributed by atoms with Crippen LogP contribution in [0.15, 0.2) is 72.0 Å². The summed E-state index contributed by atoms with van der Waals surface area (Å²) in [5.74, 6) is -0.927. The number of rotatable bonds is 8. The van der Waals surface area contributed by atoms with E-state index in [1.165, 1.54) is 17.8 Å². The number of amides is 1. The number of halogens is 3. The third-order valence-electron chi connectivity index (χ3n) is 5.00. The zero-order chi connectivity index (χ0) is 24.9. The number of carbonyl (C=O) groups excluding carboxylic acids is 1. The Morgan fingerprint density at radius 3 is 2.46 bits per heavy atom. The monoisotopic (exact) mass is 515 g/mol. The van der Waals surface area contributed by atoms with Crippen molar-refractivity contribution in [3.63, 3.8) is 0 Å². The largest absolute Gasteiger partial charge is 0.493 e. The molecule has 1 heterocycles. The van der Waals surface area contributed by atoms with Crippen molar-refractivity contribution in [2.24, 2.45) is 0 Å². The van der Waals surface area contributed by atoms with Crippen LogP contribution >= 0.6 is 23.4 Å². The molecule has 0 unspecified atom stereocenters. The Kier molecular flexibility index (Phi) is 7.57. The lowest BCUT2D eigenvalue weighted by Gasteiger charge is -2.08. The predicted octanol–water partition coefficient (Wildman–Crippen LogP) is 6.22. The molecule has 0 spiro atoms. The van der Waals surface area contributed by atoms with Gasteiger partial charge in [0.25, 0.3) is 0 Å². The van der Waals surface area contributed by atoms with E-state index in [2.05, 4.69) is 5.32 Å². The molecular weight excluding hydrogens is 496 g/mol. The molecule has 0 aliphatic rings. The number of nitrogens with one attached hydrogen (secondary N) is 1. The molecule has 6 nitrogen and oxygen atoms in total. The van der Waals surface area contributed by atoms with Gasteiger partial charge >= 0.3 is 0 Å². The molecule has 0 saturated heterocycles. The summed E-state index contributed by atoms with van der Waals surface area (Å²) in [6, 6.07) is 15.6. The molecule has 0 aliphatic heterocycles. The Labute approximate surface area is 209 Å². The minimum Gasteiger partial charge on any atom is -0.493 e. The highest BCUT2D eigenvalue weighted by Crippen LogP contribution is 2.34. The number of anilines is 1. The Hall–Kier alpha value is -3.56. The van der Waals surface area contributed by atoms with Crippen LogP contribution in [0.4, 0.5) is 14.5 Å². The van der Waals surface area contributed by atoms with Crippen molar-refractivity contribution < 1.29 is 23.0 Å². The van der Waals surface area contributed by atoms with Gasteiger partial charge in [-0.3, -0.25) is 9.36 Å². The number of benzene rings is 3. The number of hydrogen-bond donors (Lipinski definition) is 1. The second kappa shape index (κ2) is 10.8. The van der Waals surface area contributed by atoms with E-state index in [4.69, 9.17) is 26.1 Å². The van der Waals surface area contributed by atoms with Gasteiger partial charge in [0, 0.05) is 28.5 Å². The third kappa shape index (κ3) is 5.75. The first-order valence-corrected chi connectivity index (χ1v) is 11.7. The molecule has 0 atom stereocenters. The number of nitrogens with zero attached hydrogens (tertiary/aromatic N) is 2. The summed E-state index contributed by atoms with van der Waals surface area (Å²) in [5, 5.41) is 3.58. The highest BCUT2D eigenvalue weighted by molar-refractivity contribution is 7.99. The van der Waals surface area contributed by atoms with E-state index in [0.29, 0.717) is 33.4 Å². The number of ether oxygens (including phenoxy) is 2. The van der Waals surface area contributed by atoms with Gasteiger partial charge in [-0.05, 0) is 54.6 Å². The highest BCUT2D eigenvalue weighted by Gasteiger charge is 2.16. The molecule has 1 aromatic heterocycles. The van der Waals surface area contributed by atoms with Crippen LogP contribution < -0.4 is 14.8 Å². The van der Waals surface area contributed by atoms with Gasteiger partial charge in [-0.15, -0.1) is 0 Å². The van der Waals surface area contributed by atoms with Gasteiger partial charge in [0.15, 0.2) is 16.7 Å². The molecule has 0 bridgehead atoms. The molecule has 0 aliphatic carbocycles. The smallest absolute Gasteiger partial charge is 0.234 e. The average molecular weight is 516 g/mol. The van der Waals surface area contributed by atoms with E-state index in [1.54, 1.807) is 32.4 Å². The van der Waals surface area contributed by atoms with Crippen LogP contribution in [0.25, 0.3) is 16.9 Å². The Balaban J connectivity index is 1.61. The second-order valence-corrected chi connectivity index (χ2v) is 8.66. The zero-order valence-corrected chi connectivity index (χ0v) is 20.3. The summed E-state index contributed by atoms with van der Waals surface area (Å²) in [6.45, 7) is 0. The lowest BCUT2D eigenvalue weighted by molar-refractivity contribution is -0.113. The Morgan fingerprint density at radius 2 is 1.77 bits per heavy atom. The van der Waals surface area contributed by atoms with Crippen molar-refractivity contribution >= 4 is 35.0 Å². The number of hydrogen-bond acceptors (Lipinski definition) is 5. The van der Waals surface area contributed by atoms with E-state index in [9.17, 15) is 13.6 Å². The first-order chi connectivity index (χ1) is 16.9. The number of methoxy groups -OCH3 is 2. The minimum absolute atomic E-state index is 0.0488. The maximum absolute atomic E-state index is 13.9. The fraction of sp³-hybridized carbons (Fsp3) is 0.120. The molecule has 1 amide bonds. The van der Waals surface area contributed by atoms with Crippen molar-refractivity contribution in [2.45, 2.75) is 5.16 Å². The Morgan fingerprint density at radius 1 is 1.03 bits per heavy atom. The van der Waals surface area contributed by atoms with Crippen LogP contribution in [0.5, 0.6) is 11.5 Å². The van der Waals surface area contributed by atoms with Crippen molar-refractivity contribution in [1.82, 2.24) is 9.55 Å². The number of carbonyl (C=O) groups is 1. The molecule has 180 valence electrons. The molecule has 1 N–H and O–H groups in total. The number of thioether (sulfide) groups is 1. The fourth-order valence-electron chi connectivity index (χ4n) is 3.29. The topological polar surface area (TPSA) is 65.4 Å². The normalized spacial score (nSPS) is 10.8. The van der Waals surface area contributed by atoms with Crippen molar-refractivity contribution in [3.05, 3.63) is 83.5 Å². The summed E-state index contributed by atoms with van der Waals surface area (Å²) in [4.78, 5) is 17.2. The van der Waals surface area contributed by atoms with Gasteiger partial charge < -0.3 is 14.8 Å². The van der Waals surface area contributed by atoms with Crippen molar-refractivity contribution in [1.29, 1.82) is 0 Å². The Bertz CT molecular complexity index is 1360. The van der Waals surface area contributed by atoms with Crippen LogP contribution in [0.2, 0.25) is 5.02 Å². The molecule has 35 heavy (non-hydrogen) atoms. The second-order valence-electron chi connectivity index (χ2n) is 7.29. The molecule has 0 saturated carbocycles. The van der Waals surface area contributed by atoms with Crippen molar-refractivity contribution in [3.8, 4) is 28.4 Å². The SMILES string of the molecule is COc1ccc(-c2cn(-c3ccc(Cl)cc3)c(SCC(=O)Nc3ccc(F)cc3F)n2)cc1OC. The lowest BCUT2D eigenvalue weighted by Crippen LogP contribution is -2.15. The number of imidazole rings is 1. The summed E-state index contributed by atoms with van der Waals surface area (Å²) in [7, 11) is 3.11.